The van der Waals surface area contributed by atoms with Gasteiger partial charge in [0.1, 0.15) is 0 Å². The summed E-state index contributed by atoms with van der Waals surface area (Å²) in [6.07, 6.45) is 4.73. The number of aromatic amines is 1. The van der Waals surface area contributed by atoms with E-state index in [2.05, 4.69) is 20.8 Å². The SMILES string of the molecule is N#Cc1cccc(NC(=O)NC2CCCc3cn[nH]c32)c1. The largest absolute Gasteiger partial charge is 0.330 e. The van der Waals surface area contributed by atoms with Crippen LogP contribution in [0.4, 0.5) is 10.5 Å². The summed E-state index contributed by atoms with van der Waals surface area (Å²) < 4.78 is 0. The number of benzene rings is 1. The maximum atomic E-state index is 12.1. The highest BCUT2D eigenvalue weighted by molar-refractivity contribution is 5.89. The zero-order chi connectivity index (χ0) is 14.7. The van der Waals surface area contributed by atoms with Crippen molar-refractivity contribution in [3.05, 3.63) is 47.3 Å². The highest BCUT2D eigenvalue weighted by atomic mass is 16.2. The van der Waals surface area contributed by atoms with Crippen molar-refractivity contribution in [1.29, 1.82) is 5.26 Å². The summed E-state index contributed by atoms with van der Waals surface area (Å²) >= 11 is 0. The number of aromatic nitrogens is 2. The summed E-state index contributed by atoms with van der Waals surface area (Å²) in [4.78, 5) is 12.1. The lowest BCUT2D eigenvalue weighted by atomic mass is 9.94. The number of H-pyrrole nitrogens is 1. The molecule has 0 bridgehead atoms. The van der Waals surface area contributed by atoms with Gasteiger partial charge in [-0.15, -0.1) is 0 Å². The molecular formula is C15H15N5O. The van der Waals surface area contributed by atoms with Crippen LogP contribution in [0.25, 0.3) is 0 Å². The molecule has 106 valence electrons. The predicted octanol–water partition coefficient (Wildman–Crippen LogP) is 2.48. The van der Waals surface area contributed by atoms with E-state index >= 15 is 0 Å². The summed E-state index contributed by atoms with van der Waals surface area (Å²) in [6.45, 7) is 0. The van der Waals surface area contributed by atoms with E-state index < -0.39 is 0 Å². The van der Waals surface area contributed by atoms with Gasteiger partial charge in [0.2, 0.25) is 0 Å². The average molecular weight is 281 g/mol. The summed E-state index contributed by atoms with van der Waals surface area (Å²) in [6, 6.07) is 8.55. The van der Waals surface area contributed by atoms with Crippen LogP contribution in [0.15, 0.2) is 30.5 Å². The molecule has 0 spiro atoms. The number of anilines is 1. The number of carbonyl (C=O) groups excluding carboxylic acids is 1. The van der Waals surface area contributed by atoms with Gasteiger partial charge < -0.3 is 10.6 Å². The molecule has 0 saturated heterocycles. The Morgan fingerprint density at radius 3 is 3.24 bits per heavy atom. The Morgan fingerprint density at radius 2 is 2.38 bits per heavy atom. The minimum Gasteiger partial charge on any atom is -0.330 e. The van der Waals surface area contributed by atoms with E-state index in [9.17, 15) is 4.79 Å². The number of nitriles is 1. The van der Waals surface area contributed by atoms with E-state index in [1.54, 1.807) is 24.3 Å². The molecule has 1 unspecified atom stereocenters. The third kappa shape index (κ3) is 2.87. The number of rotatable bonds is 2. The van der Waals surface area contributed by atoms with Gasteiger partial charge in [0.05, 0.1) is 29.6 Å². The van der Waals surface area contributed by atoms with E-state index in [0.29, 0.717) is 11.3 Å². The van der Waals surface area contributed by atoms with E-state index in [-0.39, 0.29) is 12.1 Å². The summed E-state index contributed by atoms with van der Waals surface area (Å²) in [5.74, 6) is 0. The van der Waals surface area contributed by atoms with Gasteiger partial charge in [0.25, 0.3) is 0 Å². The van der Waals surface area contributed by atoms with Gasteiger partial charge in [-0.25, -0.2) is 4.79 Å². The molecular weight excluding hydrogens is 266 g/mol. The first kappa shape index (κ1) is 13.2. The Morgan fingerprint density at radius 1 is 1.48 bits per heavy atom. The number of carbonyl (C=O) groups is 1. The number of aryl methyl sites for hydroxylation is 1. The first-order chi connectivity index (χ1) is 10.3. The molecule has 6 heteroatoms. The molecule has 1 heterocycles. The van der Waals surface area contributed by atoms with Gasteiger partial charge in [-0.05, 0) is 43.0 Å². The van der Waals surface area contributed by atoms with Gasteiger partial charge in [-0.2, -0.15) is 10.4 Å². The quantitative estimate of drug-likeness (QED) is 0.789. The molecule has 1 aliphatic carbocycles. The Balaban J connectivity index is 1.67. The molecule has 3 rings (SSSR count). The maximum absolute atomic E-state index is 12.1. The lowest BCUT2D eigenvalue weighted by Crippen LogP contribution is -2.34. The predicted molar refractivity (Wildman–Crippen MR) is 77.6 cm³/mol. The van der Waals surface area contributed by atoms with Crippen molar-refractivity contribution in [2.24, 2.45) is 0 Å². The number of urea groups is 1. The van der Waals surface area contributed by atoms with Gasteiger partial charge in [-0.3, -0.25) is 5.10 Å². The Hall–Kier alpha value is -2.81. The van der Waals surface area contributed by atoms with Crippen molar-refractivity contribution in [3.8, 4) is 6.07 Å². The first-order valence-corrected chi connectivity index (χ1v) is 6.86. The lowest BCUT2D eigenvalue weighted by molar-refractivity contribution is 0.247. The van der Waals surface area contributed by atoms with Gasteiger partial charge in [0.15, 0.2) is 0 Å². The highest BCUT2D eigenvalue weighted by Gasteiger charge is 2.23. The molecule has 1 aliphatic rings. The number of amides is 2. The molecule has 1 aromatic heterocycles. The number of hydrogen-bond acceptors (Lipinski definition) is 3. The van der Waals surface area contributed by atoms with Crippen molar-refractivity contribution in [2.45, 2.75) is 25.3 Å². The summed E-state index contributed by atoms with van der Waals surface area (Å²) in [5.41, 5.74) is 3.27. The third-order valence-electron chi connectivity index (χ3n) is 3.59. The minimum absolute atomic E-state index is 0.0459. The number of fused-ring (bicyclic) bond motifs is 1. The van der Waals surface area contributed by atoms with Crippen molar-refractivity contribution in [1.82, 2.24) is 15.5 Å². The van der Waals surface area contributed by atoms with Crippen LogP contribution in [0.5, 0.6) is 0 Å². The molecule has 1 aromatic carbocycles. The second-order valence-electron chi connectivity index (χ2n) is 5.04. The van der Waals surface area contributed by atoms with Gasteiger partial charge >= 0.3 is 6.03 Å². The van der Waals surface area contributed by atoms with Crippen LogP contribution in [0.1, 0.15) is 35.7 Å². The lowest BCUT2D eigenvalue weighted by Gasteiger charge is -2.23. The normalized spacial score (nSPS) is 16.6. The van der Waals surface area contributed by atoms with Crippen LogP contribution < -0.4 is 10.6 Å². The number of nitrogens with zero attached hydrogens (tertiary/aromatic N) is 2. The van der Waals surface area contributed by atoms with E-state index in [1.165, 1.54) is 0 Å². The first-order valence-electron chi connectivity index (χ1n) is 6.86. The fourth-order valence-electron chi connectivity index (χ4n) is 2.60. The molecule has 0 saturated carbocycles. The number of hydrogen-bond donors (Lipinski definition) is 3. The second kappa shape index (κ2) is 5.67. The fourth-order valence-corrected chi connectivity index (χ4v) is 2.60. The molecule has 6 nitrogen and oxygen atoms in total. The van der Waals surface area contributed by atoms with Gasteiger partial charge in [-0.1, -0.05) is 6.07 Å². The molecule has 2 amide bonds. The standard InChI is InChI=1S/C15H15N5O/c16-8-10-3-1-5-12(7-10)18-15(21)19-13-6-2-4-11-9-17-20-14(11)13/h1,3,5,7,9,13H,2,4,6H2,(H,17,20)(H2,18,19,21). The average Bonchev–Trinajstić information content (AvgIpc) is 2.97. The van der Waals surface area contributed by atoms with Crippen LogP contribution in [-0.4, -0.2) is 16.2 Å². The van der Waals surface area contributed by atoms with Crippen LogP contribution in [-0.2, 0) is 6.42 Å². The van der Waals surface area contributed by atoms with Gasteiger partial charge in [0, 0.05) is 5.69 Å². The van der Waals surface area contributed by atoms with Crippen LogP contribution in [0, 0.1) is 11.3 Å². The smallest absolute Gasteiger partial charge is 0.319 e. The van der Waals surface area contributed by atoms with Crippen LogP contribution >= 0.6 is 0 Å². The van der Waals surface area contributed by atoms with Crippen molar-refractivity contribution in [3.63, 3.8) is 0 Å². The molecule has 0 aliphatic heterocycles. The molecule has 2 aromatic rings. The van der Waals surface area contributed by atoms with Crippen LogP contribution in [0.3, 0.4) is 0 Å². The fraction of sp³-hybridized carbons (Fsp3) is 0.267. The second-order valence-corrected chi connectivity index (χ2v) is 5.04. The molecule has 0 fully saturated rings. The molecule has 21 heavy (non-hydrogen) atoms. The maximum Gasteiger partial charge on any atom is 0.319 e. The zero-order valence-electron chi connectivity index (χ0n) is 11.4. The zero-order valence-corrected chi connectivity index (χ0v) is 11.4. The minimum atomic E-state index is -0.280. The van der Waals surface area contributed by atoms with Crippen LogP contribution in [0.2, 0.25) is 0 Å². The Labute approximate surface area is 122 Å². The topological polar surface area (TPSA) is 93.6 Å². The van der Waals surface area contributed by atoms with E-state index in [4.69, 9.17) is 5.26 Å². The Kier molecular flexibility index (Phi) is 3.56. The monoisotopic (exact) mass is 281 g/mol. The number of nitrogens with one attached hydrogen (secondary N) is 3. The summed E-state index contributed by atoms with van der Waals surface area (Å²) in [5, 5.41) is 21.5. The van der Waals surface area contributed by atoms with E-state index in [0.717, 1.165) is 30.5 Å². The Bertz CT molecular complexity index is 700. The van der Waals surface area contributed by atoms with Crippen molar-refractivity contribution >= 4 is 11.7 Å². The third-order valence-corrected chi connectivity index (χ3v) is 3.59. The molecule has 3 N–H and O–H groups in total. The highest BCUT2D eigenvalue weighted by Crippen LogP contribution is 2.27. The summed E-state index contributed by atoms with van der Waals surface area (Å²) in [7, 11) is 0. The van der Waals surface area contributed by atoms with E-state index in [1.807, 2.05) is 12.3 Å². The van der Waals surface area contributed by atoms with Crippen molar-refractivity contribution < 1.29 is 4.79 Å². The molecule has 0 radical (unpaired) electrons. The van der Waals surface area contributed by atoms with Crippen molar-refractivity contribution in [2.75, 3.05) is 5.32 Å². The molecule has 1 atom stereocenters.